The lowest BCUT2D eigenvalue weighted by Gasteiger charge is -2.15. The Morgan fingerprint density at radius 1 is 1.24 bits per heavy atom. The van der Waals surface area contributed by atoms with Crippen LogP contribution in [0.4, 0.5) is 5.69 Å². The van der Waals surface area contributed by atoms with E-state index >= 15 is 0 Å². The van der Waals surface area contributed by atoms with Gasteiger partial charge in [0.25, 0.3) is 11.6 Å². The predicted octanol–water partition coefficient (Wildman–Crippen LogP) is 3.45. The van der Waals surface area contributed by atoms with E-state index in [0.717, 1.165) is 11.8 Å². The van der Waals surface area contributed by atoms with Crippen LogP contribution in [0.25, 0.3) is 0 Å². The molecule has 0 aliphatic heterocycles. The minimum absolute atomic E-state index is 0.0231. The highest BCUT2D eigenvalue weighted by molar-refractivity contribution is 6.34. The molecule has 0 saturated heterocycles. The second kappa shape index (κ2) is 8.34. The number of non-ortho nitro benzene ring substituents is 1. The van der Waals surface area contributed by atoms with Crippen LogP contribution in [0.5, 0.6) is 11.5 Å². The van der Waals surface area contributed by atoms with E-state index in [0.29, 0.717) is 5.75 Å². The topological polar surface area (TPSA) is 90.7 Å². The minimum atomic E-state index is -0.571. The molecule has 25 heavy (non-hydrogen) atoms. The maximum Gasteiger partial charge on any atom is 0.270 e. The zero-order valence-electron chi connectivity index (χ0n) is 13.7. The van der Waals surface area contributed by atoms with Crippen molar-refractivity contribution in [3.8, 4) is 11.5 Å². The number of carbonyl (C=O) groups excluding carboxylic acids is 1. The predicted molar refractivity (Wildman–Crippen MR) is 93.5 cm³/mol. The van der Waals surface area contributed by atoms with Crippen molar-refractivity contribution < 1.29 is 19.2 Å². The first kappa shape index (κ1) is 18.5. The Labute approximate surface area is 149 Å². The van der Waals surface area contributed by atoms with E-state index < -0.39 is 10.8 Å². The molecule has 1 atom stereocenters. The summed E-state index contributed by atoms with van der Waals surface area (Å²) in [6.07, 6.45) is 0. The molecule has 0 aliphatic carbocycles. The molecule has 0 unspecified atom stereocenters. The second-order valence-electron chi connectivity index (χ2n) is 5.28. The van der Waals surface area contributed by atoms with Gasteiger partial charge in [-0.25, -0.2) is 0 Å². The number of nitro groups is 1. The SMILES string of the molecule is COc1ccc(OC[C@@H](C)NC(=O)c2ccc([N+](=O)[O-])cc2Cl)cc1. The van der Waals surface area contributed by atoms with E-state index in [1.807, 2.05) is 0 Å². The van der Waals surface area contributed by atoms with E-state index in [4.69, 9.17) is 21.1 Å². The molecule has 0 fully saturated rings. The molecule has 0 heterocycles. The molecule has 1 N–H and O–H groups in total. The van der Waals surface area contributed by atoms with Gasteiger partial charge in [0.15, 0.2) is 0 Å². The Balaban J connectivity index is 1.92. The molecule has 8 heteroatoms. The molecule has 2 aromatic carbocycles. The smallest absolute Gasteiger partial charge is 0.270 e. The van der Waals surface area contributed by atoms with Crippen LogP contribution < -0.4 is 14.8 Å². The van der Waals surface area contributed by atoms with Crippen LogP contribution in [-0.2, 0) is 0 Å². The molecule has 0 aromatic heterocycles. The zero-order valence-corrected chi connectivity index (χ0v) is 14.4. The third kappa shape index (κ3) is 5.09. The van der Waals surface area contributed by atoms with Gasteiger partial charge in [0, 0.05) is 12.1 Å². The first-order valence-corrected chi connectivity index (χ1v) is 7.80. The molecular weight excluding hydrogens is 348 g/mol. The number of benzene rings is 2. The monoisotopic (exact) mass is 364 g/mol. The van der Waals surface area contributed by atoms with Gasteiger partial charge in [-0.3, -0.25) is 14.9 Å². The van der Waals surface area contributed by atoms with Crippen LogP contribution in [0.3, 0.4) is 0 Å². The highest BCUT2D eigenvalue weighted by Crippen LogP contribution is 2.22. The van der Waals surface area contributed by atoms with Crippen LogP contribution in [0.2, 0.25) is 5.02 Å². The van der Waals surface area contributed by atoms with Crippen molar-refractivity contribution in [2.75, 3.05) is 13.7 Å². The van der Waals surface area contributed by atoms with Crippen molar-refractivity contribution >= 4 is 23.2 Å². The van der Waals surface area contributed by atoms with E-state index in [9.17, 15) is 14.9 Å². The fourth-order valence-corrected chi connectivity index (χ4v) is 2.30. The second-order valence-corrected chi connectivity index (χ2v) is 5.69. The summed E-state index contributed by atoms with van der Waals surface area (Å²) < 4.78 is 10.7. The number of hydrogen-bond acceptors (Lipinski definition) is 5. The Bertz CT molecular complexity index is 764. The summed E-state index contributed by atoms with van der Waals surface area (Å²) in [4.78, 5) is 22.3. The molecule has 7 nitrogen and oxygen atoms in total. The molecule has 0 spiro atoms. The molecule has 0 aliphatic rings. The van der Waals surface area contributed by atoms with Crippen molar-refractivity contribution in [2.45, 2.75) is 13.0 Å². The summed E-state index contributed by atoms with van der Waals surface area (Å²) in [7, 11) is 1.58. The lowest BCUT2D eigenvalue weighted by molar-refractivity contribution is -0.384. The Kier molecular flexibility index (Phi) is 6.19. The lowest BCUT2D eigenvalue weighted by atomic mass is 10.2. The minimum Gasteiger partial charge on any atom is -0.497 e. The Hall–Kier alpha value is -2.80. The van der Waals surface area contributed by atoms with Crippen molar-refractivity contribution in [3.05, 3.63) is 63.2 Å². The van der Waals surface area contributed by atoms with Crippen molar-refractivity contribution in [1.82, 2.24) is 5.32 Å². The number of halogens is 1. The molecule has 0 saturated carbocycles. The standard InChI is InChI=1S/C17H17ClN2O5/c1-11(10-25-14-6-4-13(24-2)5-7-14)19-17(21)15-8-3-12(20(22)23)9-16(15)18/h3-9,11H,10H2,1-2H3,(H,19,21)/t11-/m1/s1. The fourth-order valence-electron chi connectivity index (χ4n) is 2.04. The highest BCUT2D eigenvalue weighted by Gasteiger charge is 2.16. The van der Waals surface area contributed by atoms with E-state index in [2.05, 4.69) is 5.32 Å². The summed E-state index contributed by atoms with van der Waals surface area (Å²) in [5.74, 6) is 0.947. The molecule has 0 radical (unpaired) electrons. The number of ether oxygens (including phenoxy) is 2. The Morgan fingerprint density at radius 2 is 1.88 bits per heavy atom. The van der Waals surface area contributed by atoms with Gasteiger partial charge in [0.1, 0.15) is 18.1 Å². The van der Waals surface area contributed by atoms with Gasteiger partial charge in [-0.2, -0.15) is 0 Å². The first-order valence-electron chi connectivity index (χ1n) is 7.42. The van der Waals surface area contributed by atoms with Gasteiger partial charge >= 0.3 is 0 Å². The van der Waals surface area contributed by atoms with E-state index in [-0.39, 0.29) is 28.9 Å². The third-order valence-corrected chi connectivity index (χ3v) is 3.66. The summed E-state index contributed by atoms with van der Waals surface area (Å²) in [5.41, 5.74) is 0.000927. The van der Waals surface area contributed by atoms with Crippen molar-refractivity contribution in [1.29, 1.82) is 0 Å². The molecule has 1 amide bonds. The number of nitro benzene ring substituents is 1. The molecular formula is C17H17ClN2O5. The average Bonchev–Trinajstić information content (AvgIpc) is 2.60. The summed E-state index contributed by atoms with van der Waals surface area (Å²) in [6, 6.07) is 10.5. The zero-order chi connectivity index (χ0) is 18.4. The quantitative estimate of drug-likeness (QED) is 0.600. The fraction of sp³-hybridized carbons (Fsp3) is 0.235. The number of carbonyl (C=O) groups is 1. The van der Waals surface area contributed by atoms with Gasteiger partial charge in [0.2, 0.25) is 0 Å². The maximum atomic E-state index is 12.2. The van der Waals surface area contributed by atoms with E-state index in [1.165, 1.54) is 12.1 Å². The van der Waals surface area contributed by atoms with Gasteiger partial charge < -0.3 is 14.8 Å². The van der Waals surface area contributed by atoms with Gasteiger partial charge in [-0.15, -0.1) is 0 Å². The number of methoxy groups -OCH3 is 1. The van der Waals surface area contributed by atoms with Crippen LogP contribution in [0.15, 0.2) is 42.5 Å². The Morgan fingerprint density at radius 3 is 2.44 bits per heavy atom. The van der Waals surface area contributed by atoms with Gasteiger partial charge in [-0.05, 0) is 37.3 Å². The van der Waals surface area contributed by atoms with Gasteiger partial charge in [0.05, 0.1) is 28.7 Å². The average molecular weight is 365 g/mol. The summed E-state index contributed by atoms with van der Waals surface area (Å²) in [5, 5.41) is 13.5. The van der Waals surface area contributed by atoms with Crippen LogP contribution in [0, 0.1) is 10.1 Å². The van der Waals surface area contributed by atoms with E-state index in [1.54, 1.807) is 38.3 Å². The lowest BCUT2D eigenvalue weighted by Crippen LogP contribution is -2.36. The summed E-state index contributed by atoms with van der Waals surface area (Å²) in [6.45, 7) is 2.03. The van der Waals surface area contributed by atoms with Crippen LogP contribution in [0.1, 0.15) is 17.3 Å². The van der Waals surface area contributed by atoms with Crippen molar-refractivity contribution in [3.63, 3.8) is 0 Å². The molecule has 132 valence electrons. The van der Waals surface area contributed by atoms with Crippen LogP contribution >= 0.6 is 11.6 Å². The number of nitrogens with one attached hydrogen (secondary N) is 1. The number of amides is 1. The largest absolute Gasteiger partial charge is 0.497 e. The maximum absolute atomic E-state index is 12.2. The third-order valence-electron chi connectivity index (χ3n) is 3.35. The highest BCUT2D eigenvalue weighted by atomic mass is 35.5. The number of nitrogens with zero attached hydrogens (tertiary/aromatic N) is 1. The van der Waals surface area contributed by atoms with Gasteiger partial charge in [-0.1, -0.05) is 11.6 Å². The number of hydrogen-bond donors (Lipinski definition) is 1. The summed E-state index contributed by atoms with van der Waals surface area (Å²) >= 11 is 5.94. The first-order chi connectivity index (χ1) is 11.9. The number of rotatable bonds is 7. The molecule has 2 aromatic rings. The normalized spacial score (nSPS) is 11.5. The van der Waals surface area contributed by atoms with Crippen LogP contribution in [-0.4, -0.2) is 30.6 Å². The van der Waals surface area contributed by atoms with Crippen molar-refractivity contribution in [2.24, 2.45) is 0 Å². The molecule has 0 bridgehead atoms. The molecule has 2 rings (SSSR count).